The number of halogens is 1. The molecule has 1 aliphatic heterocycles. The van der Waals surface area contributed by atoms with Gasteiger partial charge in [-0.15, -0.1) is 11.3 Å². The summed E-state index contributed by atoms with van der Waals surface area (Å²) in [6.07, 6.45) is 6.68. The summed E-state index contributed by atoms with van der Waals surface area (Å²) < 4.78 is 19.0. The van der Waals surface area contributed by atoms with E-state index in [0.717, 1.165) is 88.6 Å². The summed E-state index contributed by atoms with van der Waals surface area (Å²) in [6, 6.07) is 20.1. The number of pyridine rings is 1. The number of hydrogen-bond acceptors (Lipinski definition) is 10. The van der Waals surface area contributed by atoms with Gasteiger partial charge in [-0.1, -0.05) is 41.9 Å². The molecule has 3 aromatic carbocycles. The number of aromatic nitrogens is 2. The van der Waals surface area contributed by atoms with Crippen LogP contribution in [-0.4, -0.2) is 64.3 Å². The number of nitriles is 1. The summed E-state index contributed by atoms with van der Waals surface area (Å²) in [7, 11) is 2.05. The number of likely N-dealkylation sites (tertiary alicyclic amines) is 1. The molecular weight excluding hydrogens is 694 g/mol. The molecule has 0 spiro atoms. The smallest absolute Gasteiger partial charge is 0.142 e. The largest absolute Gasteiger partial charge is 0.493 e. The Kier molecular flexibility index (Phi) is 12.8. The second-order valence-electron chi connectivity index (χ2n) is 13.3. The molecule has 2 aromatic heterocycles. The quantitative estimate of drug-likeness (QED) is 0.101. The highest BCUT2D eigenvalue weighted by Crippen LogP contribution is 2.37. The van der Waals surface area contributed by atoms with Crippen LogP contribution in [-0.2, 0) is 26.3 Å². The minimum Gasteiger partial charge on any atom is -0.493 e. The van der Waals surface area contributed by atoms with Crippen LogP contribution in [0.1, 0.15) is 51.1 Å². The Balaban J connectivity index is 1.16. The van der Waals surface area contributed by atoms with Gasteiger partial charge in [0.2, 0.25) is 0 Å². The van der Waals surface area contributed by atoms with E-state index in [-0.39, 0.29) is 12.7 Å². The van der Waals surface area contributed by atoms with Gasteiger partial charge >= 0.3 is 0 Å². The molecule has 6 rings (SSSR count). The maximum Gasteiger partial charge on any atom is 0.142 e. The molecule has 1 aliphatic rings. The van der Waals surface area contributed by atoms with Crippen molar-refractivity contribution < 1.29 is 19.3 Å². The van der Waals surface area contributed by atoms with Crippen LogP contribution in [0.15, 0.2) is 78.7 Å². The zero-order valence-electron chi connectivity index (χ0n) is 29.8. The lowest BCUT2D eigenvalue weighted by molar-refractivity contribution is 0.173. The monoisotopic (exact) mass is 737 g/mol. The maximum atomic E-state index is 9.80. The fourth-order valence-corrected chi connectivity index (χ4v) is 7.42. The fraction of sp³-hybridized carbons (Fsp3) is 0.341. The number of nitrogens with zero attached hydrogens (tertiary/aromatic N) is 5. The summed E-state index contributed by atoms with van der Waals surface area (Å²) >= 11 is 8.49. The predicted molar refractivity (Wildman–Crippen MR) is 205 cm³/mol. The average molecular weight is 738 g/mol. The highest BCUT2D eigenvalue weighted by molar-refractivity contribution is 7.09. The molecule has 0 aliphatic carbocycles. The molecule has 270 valence electrons. The Morgan fingerprint density at radius 1 is 0.923 bits per heavy atom. The number of aliphatic hydroxyl groups excluding tert-OH is 1. The molecule has 0 radical (unpaired) electrons. The fourth-order valence-electron chi connectivity index (χ4n) is 6.50. The highest BCUT2D eigenvalue weighted by atomic mass is 35.5. The van der Waals surface area contributed by atoms with Crippen LogP contribution in [0.2, 0.25) is 5.02 Å². The van der Waals surface area contributed by atoms with Crippen molar-refractivity contribution in [2.45, 2.75) is 59.1 Å². The topological polar surface area (TPSA) is 104 Å². The van der Waals surface area contributed by atoms with E-state index in [4.69, 9.17) is 25.8 Å². The molecule has 9 nitrogen and oxygen atoms in total. The molecule has 1 saturated heterocycles. The van der Waals surface area contributed by atoms with E-state index in [9.17, 15) is 10.4 Å². The minimum atomic E-state index is -0.200. The van der Waals surface area contributed by atoms with Gasteiger partial charge in [0.05, 0.1) is 28.8 Å². The van der Waals surface area contributed by atoms with Crippen molar-refractivity contribution in [1.29, 1.82) is 5.26 Å². The number of hydrogen-bond donors (Lipinski definition) is 1. The molecule has 11 heteroatoms. The summed E-state index contributed by atoms with van der Waals surface area (Å²) in [5, 5.41) is 19.6. The van der Waals surface area contributed by atoms with Crippen LogP contribution in [0.5, 0.6) is 17.2 Å². The summed E-state index contributed by atoms with van der Waals surface area (Å²) in [6.45, 7) is 9.36. The SMILES string of the molecule is Cc1c(COc2cc(OCc3cncc(C#N)c3)c(CN(C)Cc3cncs3)cc2Cl)cccc1-c1cccc(OCCCN2CC[C@@H](O)C2)c1C. The third-order valence-corrected chi connectivity index (χ3v) is 10.4. The Morgan fingerprint density at radius 3 is 2.50 bits per heavy atom. The van der Waals surface area contributed by atoms with Gasteiger partial charge in [-0.05, 0) is 79.8 Å². The van der Waals surface area contributed by atoms with Crippen molar-refractivity contribution in [3.8, 4) is 34.4 Å². The van der Waals surface area contributed by atoms with Crippen LogP contribution >= 0.6 is 22.9 Å². The lowest BCUT2D eigenvalue weighted by atomic mass is 9.93. The van der Waals surface area contributed by atoms with Crippen LogP contribution in [0.4, 0.5) is 0 Å². The Hall–Kier alpha value is -4.50. The molecule has 0 bridgehead atoms. The number of rotatable bonds is 16. The predicted octanol–water partition coefficient (Wildman–Crippen LogP) is 7.97. The van der Waals surface area contributed by atoms with Crippen molar-refractivity contribution in [3.63, 3.8) is 0 Å². The van der Waals surface area contributed by atoms with Crippen LogP contribution in [0.3, 0.4) is 0 Å². The zero-order valence-corrected chi connectivity index (χ0v) is 31.4. The molecular formula is C41H44ClN5O4S. The average Bonchev–Trinajstić information content (AvgIpc) is 3.82. The van der Waals surface area contributed by atoms with E-state index in [1.807, 2.05) is 43.0 Å². The number of benzene rings is 3. The first-order chi connectivity index (χ1) is 25.3. The van der Waals surface area contributed by atoms with Crippen molar-refractivity contribution in [3.05, 3.63) is 122 Å². The number of ether oxygens (including phenoxy) is 3. The summed E-state index contributed by atoms with van der Waals surface area (Å²) in [5.74, 6) is 2.05. The van der Waals surface area contributed by atoms with Gasteiger partial charge in [0.15, 0.2) is 0 Å². The van der Waals surface area contributed by atoms with Crippen LogP contribution in [0, 0.1) is 25.2 Å². The summed E-state index contributed by atoms with van der Waals surface area (Å²) in [4.78, 5) is 14.0. The number of aliphatic hydroxyl groups is 1. The second-order valence-corrected chi connectivity index (χ2v) is 14.6. The van der Waals surface area contributed by atoms with Gasteiger partial charge in [0.1, 0.15) is 36.5 Å². The molecule has 0 unspecified atom stereocenters. The van der Waals surface area contributed by atoms with Gasteiger partial charge in [-0.2, -0.15) is 5.26 Å². The first kappa shape index (κ1) is 37.3. The van der Waals surface area contributed by atoms with Gasteiger partial charge in [-0.3, -0.25) is 14.9 Å². The molecule has 0 amide bonds. The van der Waals surface area contributed by atoms with E-state index in [2.05, 4.69) is 63.9 Å². The van der Waals surface area contributed by atoms with E-state index in [1.165, 1.54) is 6.20 Å². The number of thiazole rings is 1. The molecule has 1 N–H and O–H groups in total. The van der Waals surface area contributed by atoms with Gasteiger partial charge < -0.3 is 24.2 Å². The lowest BCUT2D eigenvalue weighted by Gasteiger charge is -2.21. The molecule has 1 fully saturated rings. The highest BCUT2D eigenvalue weighted by Gasteiger charge is 2.20. The van der Waals surface area contributed by atoms with E-state index < -0.39 is 0 Å². The van der Waals surface area contributed by atoms with E-state index in [1.54, 1.807) is 23.6 Å². The maximum absolute atomic E-state index is 9.80. The van der Waals surface area contributed by atoms with Gasteiger partial charge in [0.25, 0.3) is 0 Å². The Labute approximate surface area is 315 Å². The minimum absolute atomic E-state index is 0.200. The van der Waals surface area contributed by atoms with Crippen LogP contribution in [0.25, 0.3) is 11.1 Å². The van der Waals surface area contributed by atoms with Crippen molar-refractivity contribution >= 4 is 22.9 Å². The standard InChI is InChI=1S/C41H44ClN5O4S/c1-28-32(7-4-8-36(28)37-9-5-10-39(29(37)2)49-14-6-12-47-13-11-34(48)23-47)26-51-41-17-40(50-25-31-15-30(18-43)19-44-20-31)33(16-38(41)42)22-46(3)24-35-21-45-27-52-35/h4-5,7-10,15-17,19-21,27,34,48H,6,11-14,22-26H2,1-3H3/t34-/m1/s1. The van der Waals surface area contributed by atoms with Gasteiger partial charge in [0, 0.05) is 73.4 Å². The first-order valence-electron chi connectivity index (χ1n) is 17.5. The molecule has 3 heterocycles. The van der Waals surface area contributed by atoms with Gasteiger partial charge in [-0.25, -0.2) is 0 Å². The van der Waals surface area contributed by atoms with E-state index in [0.29, 0.717) is 41.8 Å². The van der Waals surface area contributed by atoms with E-state index >= 15 is 0 Å². The summed E-state index contributed by atoms with van der Waals surface area (Å²) in [5.41, 5.74) is 9.52. The van der Waals surface area contributed by atoms with Crippen molar-refractivity contribution in [1.82, 2.24) is 19.8 Å². The van der Waals surface area contributed by atoms with Crippen LogP contribution < -0.4 is 14.2 Å². The number of β-amino-alcohol motifs (C(OH)–C–C–N with tert-alkyl or cyclic N) is 1. The lowest BCUT2D eigenvalue weighted by Crippen LogP contribution is -2.24. The zero-order chi connectivity index (χ0) is 36.5. The molecule has 52 heavy (non-hydrogen) atoms. The molecule has 5 aromatic rings. The molecule has 1 atom stereocenters. The Morgan fingerprint density at radius 2 is 1.73 bits per heavy atom. The third-order valence-electron chi connectivity index (χ3n) is 9.31. The normalized spacial score (nSPS) is 14.4. The molecule has 0 saturated carbocycles. The van der Waals surface area contributed by atoms with Crippen molar-refractivity contribution in [2.75, 3.05) is 33.3 Å². The second kappa shape index (κ2) is 17.8. The Bertz CT molecular complexity index is 2000. The third kappa shape index (κ3) is 9.68. The first-order valence-corrected chi connectivity index (χ1v) is 18.7. The van der Waals surface area contributed by atoms with Crippen molar-refractivity contribution in [2.24, 2.45) is 0 Å².